The number of hydrogen-bond acceptors (Lipinski definition) is 6. The summed E-state index contributed by atoms with van der Waals surface area (Å²) in [6, 6.07) is 3.49. The summed E-state index contributed by atoms with van der Waals surface area (Å²) in [7, 11) is 1.62. The number of anilines is 1. The van der Waals surface area contributed by atoms with Crippen molar-refractivity contribution in [3.63, 3.8) is 0 Å². The Morgan fingerprint density at radius 1 is 1.33 bits per heavy atom. The van der Waals surface area contributed by atoms with Gasteiger partial charge in [-0.1, -0.05) is 5.92 Å². The molecule has 1 aliphatic rings. The minimum Gasteiger partial charge on any atom is -0.452 e. The Hall–Kier alpha value is -2.77. The zero-order chi connectivity index (χ0) is 21.4. The third kappa shape index (κ3) is 3.59. The van der Waals surface area contributed by atoms with Crippen molar-refractivity contribution >= 4 is 33.0 Å². The molecule has 0 spiro atoms. The number of imidazole rings is 1. The number of halogens is 1. The molecule has 0 unspecified atom stereocenters. The predicted molar refractivity (Wildman–Crippen MR) is 118 cm³/mol. The van der Waals surface area contributed by atoms with E-state index in [2.05, 4.69) is 37.7 Å². The van der Waals surface area contributed by atoms with Crippen molar-refractivity contribution in [3.8, 4) is 11.8 Å². The number of hydrogen-bond donors (Lipinski definition) is 1. The maximum atomic E-state index is 13.4. The van der Waals surface area contributed by atoms with Crippen LogP contribution in [0, 0.1) is 11.8 Å². The molecule has 4 rings (SSSR count). The van der Waals surface area contributed by atoms with Crippen molar-refractivity contribution in [2.75, 3.05) is 18.0 Å². The molecule has 10 heteroatoms. The van der Waals surface area contributed by atoms with E-state index < -0.39 is 11.2 Å². The van der Waals surface area contributed by atoms with Crippen LogP contribution in [0.5, 0.6) is 0 Å². The summed E-state index contributed by atoms with van der Waals surface area (Å²) in [4.78, 5) is 33.1. The van der Waals surface area contributed by atoms with E-state index in [1.165, 1.54) is 4.57 Å². The van der Waals surface area contributed by atoms with Gasteiger partial charge in [0.1, 0.15) is 5.76 Å². The molecule has 30 heavy (non-hydrogen) atoms. The maximum Gasteiger partial charge on any atom is 0.332 e. The second kappa shape index (κ2) is 8.16. The number of piperidine rings is 1. The molecule has 1 fully saturated rings. The molecule has 0 bridgehead atoms. The van der Waals surface area contributed by atoms with Gasteiger partial charge in [-0.3, -0.25) is 18.5 Å². The molecule has 0 aliphatic carbocycles. The van der Waals surface area contributed by atoms with Crippen LogP contribution in [0.4, 0.5) is 5.95 Å². The number of aryl methyl sites for hydroxylation is 1. The molecule has 0 amide bonds. The fourth-order valence-corrected chi connectivity index (χ4v) is 4.17. The predicted octanol–water partition coefficient (Wildman–Crippen LogP) is 1.25. The second-order valence-electron chi connectivity index (χ2n) is 7.38. The number of nitrogens with two attached hydrogens (primary N) is 1. The Kier molecular flexibility index (Phi) is 5.58. The standard InChI is InChI=1S/C20H23BrN6O3/c1-3-4-10-26-16-17(23-19(26)25-9-5-6-13(22)11-25)24(2)20(29)27(18(16)28)12-14-7-8-15(21)30-14/h7-8,13H,5-6,9-12,22H2,1-2H3/t13-/m1/s1. The molecule has 158 valence electrons. The number of fused-ring (bicyclic) bond motifs is 1. The van der Waals surface area contributed by atoms with E-state index in [0.717, 1.165) is 24.0 Å². The Morgan fingerprint density at radius 2 is 2.13 bits per heavy atom. The smallest absolute Gasteiger partial charge is 0.332 e. The molecule has 1 aliphatic heterocycles. The first kappa shape index (κ1) is 20.5. The fraction of sp³-hybridized carbons (Fsp3) is 0.450. The lowest BCUT2D eigenvalue weighted by Crippen LogP contribution is -2.44. The highest BCUT2D eigenvalue weighted by atomic mass is 79.9. The maximum absolute atomic E-state index is 13.4. The van der Waals surface area contributed by atoms with E-state index >= 15 is 0 Å². The van der Waals surface area contributed by atoms with Gasteiger partial charge in [0.2, 0.25) is 5.95 Å². The zero-order valence-electron chi connectivity index (χ0n) is 16.9. The van der Waals surface area contributed by atoms with Gasteiger partial charge in [-0.2, -0.15) is 4.98 Å². The van der Waals surface area contributed by atoms with E-state index in [1.54, 1.807) is 30.7 Å². The van der Waals surface area contributed by atoms with Crippen LogP contribution in [0.15, 0.2) is 30.8 Å². The molecule has 9 nitrogen and oxygen atoms in total. The average molecular weight is 475 g/mol. The molecule has 0 radical (unpaired) electrons. The Bertz CT molecular complexity index is 1270. The van der Waals surface area contributed by atoms with Gasteiger partial charge < -0.3 is 15.1 Å². The summed E-state index contributed by atoms with van der Waals surface area (Å²) in [5.74, 6) is 7.02. The van der Waals surface area contributed by atoms with Crippen LogP contribution in [-0.2, 0) is 20.1 Å². The SMILES string of the molecule is CC#CCn1c(N2CCC[C@@H](N)C2)nc2c1c(=O)n(Cc1ccc(Br)o1)c(=O)n2C. The van der Waals surface area contributed by atoms with Gasteiger partial charge in [0.25, 0.3) is 5.56 Å². The summed E-state index contributed by atoms with van der Waals surface area (Å²) >= 11 is 3.25. The van der Waals surface area contributed by atoms with E-state index in [1.807, 2.05) is 0 Å². The van der Waals surface area contributed by atoms with Crippen LogP contribution < -0.4 is 21.9 Å². The van der Waals surface area contributed by atoms with Crippen LogP contribution in [0.25, 0.3) is 11.2 Å². The molecule has 1 saturated heterocycles. The van der Waals surface area contributed by atoms with Crippen molar-refractivity contribution in [1.82, 2.24) is 18.7 Å². The van der Waals surface area contributed by atoms with Crippen molar-refractivity contribution in [1.29, 1.82) is 0 Å². The van der Waals surface area contributed by atoms with E-state index in [0.29, 0.717) is 40.6 Å². The van der Waals surface area contributed by atoms with Crippen LogP contribution >= 0.6 is 15.9 Å². The molecular formula is C20H23BrN6O3. The van der Waals surface area contributed by atoms with Gasteiger partial charge >= 0.3 is 5.69 Å². The monoisotopic (exact) mass is 474 g/mol. The van der Waals surface area contributed by atoms with Crippen LogP contribution in [0.3, 0.4) is 0 Å². The van der Waals surface area contributed by atoms with Crippen molar-refractivity contribution < 1.29 is 4.42 Å². The number of furan rings is 1. The largest absolute Gasteiger partial charge is 0.452 e. The normalized spacial score (nSPS) is 16.7. The molecule has 4 heterocycles. The average Bonchev–Trinajstić information content (AvgIpc) is 3.31. The highest BCUT2D eigenvalue weighted by Gasteiger charge is 2.26. The van der Waals surface area contributed by atoms with Crippen molar-refractivity contribution in [3.05, 3.63) is 43.4 Å². The molecule has 2 N–H and O–H groups in total. The summed E-state index contributed by atoms with van der Waals surface area (Å²) in [6.45, 7) is 3.51. The molecular weight excluding hydrogens is 452 g/mol. The van der Waals surface area contributed by atoms with Crippen molar-refractivity contribution in [2.24, 2.45) is 12.8 Å². The lowest BCUT2D eigenvalue weighted by atomic mass is 10.1. The lowest BCUT2D eigenvalue weighted by Gasteiger charge is -2.31. The van der Waals surface area contributed by atoms with E-state index in [-0.39, 0.29) is 12.6 Å². The minimum absolute atomic E-state index is 0.0294. The summed E-state index contributed by atoms with van der Waals surface area (Å²) in [5, 5.41) is 0. The zero-order valence-corrected chi connectivity index (χ0v) is 18.5. The summed E-state index contributed by atoms with van der Waals surface area (Å²) in [5.41, 5.74) is 5.98. The van der Waals surface area contributed by atoms with Crippen LogP contribution in [0.1, 0.15) is 25.5 Å². The van der Waals surface area contributed by atoms with Gasteiger partial charge in [-0.15, -0.1) is 5.92 Å². The lowest BCUT2D eigenvalue weighted by molar-refractivity contribution is 0.463. The highest BCUT2D eigenvalue weighted by molar-refractivity contribution is 9.10. The van der Waals surface area contributed by atoms with Crippen LogP contribution in [-0.4, -0.2) is 37.8 Å². The van der Waals surface area contributed by atoms with Crippen LogP contribution in [0.2, 0.25) is 0 Å². The van der Waals surface area contributed by atoms with Gasteiger partial charge in [-0.25, -0.2) is 4.79 Å². The molecule has 3 aromatic heterocycles. The quantitative estimate of drug-likeness (QED) is 0.570. The van der Waals surface area contributed by atoms with Gasteiger partial charge in [-0.05, 0) is 47.8 Å². The number of aromatic nitrogens is 4. The highest BCUT2D eigenvalue weighted by Crippen LogP contribution is 2.23. The third-order valence-corrected chi connectivity index (χ3v) is 5.74. The fourth-order valence-electron chi connectivity index (χ4n) is 3.83. The second-order valence-corrected chi connectivity index (χ2v) is 8.17. The Balaban J connectivity index is 1.93. The molecule has 1 atom stereocenters. The Morgan fingerprint density at radius 3 is 2.80 bits per heavy atom. The summed E-state index contributed by atoms with van der Waals surface area (Å²) in [6.07, 6.45) is 1.90. The van der Waals surface area contributed by atoms with E-state index in [9.17, 15) is 9.59 Å². The first-order valence-electron chi connectivity index (χ1n) is 9.75. The van der Waals surface area contributed by atoms with E-state index in [4.69, 9.17) is 10.2 Å². The summed E-state index contributed by atoms with van der Waals surface area (Å²) < 4.78 is 10.4. The minimum atomic E-state index is -0.451. The van der Waals surface area contributed by atoms with Gasteiger partial charge in [0, 0.05) is 26.2 Å². The molecule has 0 saturated carbocycles. The van der Waals surface area contributed by atoms with Crippen molar-refractivity contribution in [2.45, 2.75) is 38.9 Å². The third-order valence-electron chi connectivity index (χ3n) is 5.31. The first-order valence-corrected chi connectivity index (χ1v) is 10.5. The topological polar surface area (TPSA) is 104 Å². The van der Waals surface area contributed by atoms with Gasteiger partial charge in [0.15, 0.2) is 15.8 Å². The first-order chi connectivity index (χ1) is 14.4. The number of rotatable bonds is 4. The Labute approximate surface area is 181 Å². The number of nitrogens with zero attached hydrogens (tertiary/aromatic N) is 5. The molecule has 0 aromatic carbocycles. The molecule has 3 aromatic rings. The van der Waals surface area contributed by atoms with Gasteiger partial charge in [0.05, 0.1) is 13.1 Å².